The minimum atomic E-state index is -0.427. The lowest BCUT2D eigenvalue weighted by molar-refractivity contribution is -0.115. The number of morpholine rings is 1. The first-order chi connectivity index (χ1) is 11.7. The van der Waals surface area contributed by atoms with Crippen molar-refractivity contribution in [2.24, 2.45) is 5.73 Å². The highest BCUT2D eigenvalue weighted by Gasteiger charge is 2.17. The van der Waals surface area contributed by atoms with Crippen LogP contribution in [0.15, 0.2) is 11.5 Å². The molecule has 1 aliphatic rings. The Morgan fingerprint density at radius 2 is 2.08 bits per heavy atom. The lowest BCUT2D eigenvalue weighted by Crippen LogP contribution is -2.37. The number of rotatable bonds is 6. The van der Waals surface area contributed by atoms with E-state index in [-0.39, 0.29) is 5.75 Å². The first-order valence-electron chi connectivity index (χ1n) is 7.25. The Morgan fingerprint density at radius 1 is 1.33 bits per heavy atom. The molecule has 0 spiro atoms. The Hall–Kier alpha value is -2.47. The van der Waals surface area contributed by atoms with E-state index in [2.05, 4.69) is 30.4 Å². The van der Waals surface area contributed by atoms with E-state index in [0.717, 1.165) is 11.8 Å². The number of hydrogen-bond acceptors (Lipinski definition) is 10. The molecule has 3 heterocycles. The van der Waals surface area contributed by atoms with E-state index < -0.39 is 5.91 Å². The van der Waals surface area contributed by atoms with Crippen molar-refractivity contribution >= 4 is 29.6 Å². The summed E-state index contributed by atoms with van der Waals surface area (Å²) in [7, 11) is 1.73. The fraction of sp³-hybridized carbons (Fsp3) is 0.500. The van der Waals surface area contributed by atoms with Gasteiger partial charge in [-0.25, -0.2) is 4.98 Å². The Bertz CT molecular complexity index is 716. The Morgan fingerprint density at radius 3 is 2.79 bits per heavy atom. The van der Waals surface area contributed by atoms with Crippen LogP contribution in [0.5, 0.6) is 0 Å². The van der Waals surface area contributed by atoms with Gasteiger partial charge in [0.05, 0.1) is 19.0 Å². The van der Waals surface area contributed by atoms with E-state index in [9.17, 15) is 4.79 Å². The normalized spacial score (nSPS) is 14.6. The highest BCUT2D eigenvalue weighted by Crippen LogP contribution is 2.16. The Balaban J connectivity index is 1.85. The minimum Gasteiger partial charge on any atom is -0.378 e. The SMILES string of the molecule is CNc1nc(N2CCOCC2)nc(-n2cnc(SCC(N)=O)n2)n1. The van der Waals surface area contributed by atoms with Crippen LogP contribution in [0.4, 0.5) is 11.9 Å². The number of nitrogens with zero attached hydrogens (tertiary/aromatic N) is 7. The number of primary amides is 1. The maximum absolute atomic E-state index is 10.8. The van der Waals surface area contributed by atoms with Crippen LogP contribution in [-0.2, 0) is 9.53 Å². The molecule has 1 saturated heterocycles. The predicted octanol–water partition coefficient (Wildman–Crippen LogP) is -1.09. The quantitative estimate of drug-likeness (QED) is 0.617. The van der Waals surface area contributed by atoms with E-state index in [4.69, 9.17) is 10.5 Å². The summed E-state index contributed by atoms with van der Waals surface area (Å²) < 4.78 is 6.79. The fourth-order valence-electron chi connectivity index (χ4n) is 2.02. The molecule has 3 rings (SSSR count). The van der Waals surface area contributed by atoms with Gasteiger partial charge in [-0.3, -0.25) is 4.79 Å². The Labute approximate surface area is 142 Å². The van der Waals surface area contributed by atoms with Gasteiger partial charge in [-0.15, -0.1) is 5.10 Å². The molecule has 1 aliphatic heterocycles. The lowest BCUT2D eigenvalue weighted by atomic mass is 10.4. The molecule has 3 N–H and O–H groups in total. The van der Waals surface area contributed by atoms with Gasteiger partial charge in [-0.2, -0.15) is 19.6 Å². The van der Waals surface area contributed by atoms with Crippen molar-refractivity contribution in [3.05, 3.63) is 6.33 Å². The van der Waals surface area contributed by atoms with Gasteiger partial charge < -0.3 is 20.7 Å². The molecule has 0 aliphatic carbocycles. The van der Waals surface area contributed by atoms with Crippen LogP contribution >= 0.6 is 11.8 Å². The molecule has 2 aromatic rings. The van der Waals surface area contributed by atoms with Gasteiger partial charge in [0.1, 0.15) is 6.33 Å². The average Bonchev–Trinajstić information content (AvgIpc) is 3.09. The second-order valence-corrected chi connectivity index (χ2v) is 5.78. The molecular formula is C12H17N9O2S. The summed E-state index contributed by atoms with van der Waals surface area (Å²) in [5.41, 5.74) is 5.12. The number of carbonyl (C=O) groups excluding carboxylic acids is 1. The lowest BCUT2D eigenvalue weighted by Gasteiger charge is -2.26. The predicted molar refractivity (Wildman–Crippen MR) is 87.2 cm³/mol. The second kappa shape index (κ2) is 7.40. The van der Waals surface area contributed by atoms with Crippen LogP contribution < -0.4 is 16.0 Å². The van der Waals surface area contributed by atoms with E-state index in [1.54, 1.807) is 7.05 Å². The van der Waals surface area contributed by atoms with Crippen LogP contribution in [0.25, 0.3) is 5.95 Å². The zero-order valence-corrected chi connectivity index (χ0v) is 13.9. The second-order valence-electron chi connectivity index (χ2n) is 4.84. The molecule has 0 aromatic carbocycles. The molecule has 0 atom stereocenters. The highest BCUT2D eigenvalue weighted by atomic mass is 32.2. The molecule has 0 radical (unpaired) electrons. The van der Waals surface area contributed by atoms with Gasteiger partial charge in [0.2, 0.25) is 23.0 Å². The number of carbonyl (C=O) groups is 1. The third-order valence-corrected chi connectivity index (χ3v) is 4.02. The Kier molecular flexibility index (Phi) is 5.05. The zero-order valence-electron chi connectivity index (χ0n) is 13.0. The maximum Gasteiger partial charge on any atom is 0.258 e. The third kappa shape index (κ3) is 3.89. The first-order valence-corrected chi connectivity index (χ1v) is 8.24. The van der Waals surface area contributed by atoms with Gasteiger partial charge in [0.25, 0.3) is 5.95 Å². The van der Waals surface area contributed by atoms with E-state index in [0.29, 0.717) is 49.3 Å². The topological polar surface area (TPSA) is 137 Å². The molecule has 1 fully saturated rings. The molecule has 0 unspecified atom stereocenters. The smallest absolute Gasteiger partial charge is 0.258 e. The van der Waals surface area contributed by atoms with Gasteiger partial charge in [-0.05, 0) is 0 Å². The van der Waals surface area contributed by atoms with Crippen LogP contribution in [0.2, 0.25) is 0 Å². The van der Waals surface area contributed by atoms with Crippen LogP contribution in [0, 0.1) is 0 Å². The third-order valence-electron chi connectivity index (χ3n) is 3.15. The monoisotopic (exact) mass is 351 g/mol. The minimum absolute atomic E-state index is 0.113. The van der Waals surface area contributed by atoms with Crippen molar-refractivity contribution in [3.8, 4) is 5.95 Å². The standard InChI is InChI=1S/C12H17N9O2S/c1-14-9-16-10(20-2-4-23-5-3-20)18-11(17-9)21-7-15-12(19-21)24-6-8(13)22/h7H,2-6H2,1H3,(H2,13,22)(H,14,16,17,18). The average molecular weight is 351 g/mol. The molecule has 128 valence electrons. The number of amides is 1. The number of nitrogens with one attached hydrogen (secondary N) is 1. The number of thioether (sulfide) groups is 1. The largest absolute Gasteiger partial charge is 0.378 e. The fourth-order valence-corrected chi connectivity index (χ4v) is 2.56. The summed E-state index contributed by atoms with van der Waals surface area (Å²) in [6.07, 6.45) is 1.49. The van der Waals surface area contributed by atoms with Crippen LogP contribution in [-0.4, -0.2) is 74.7 Å². The number of nitrogens with two attached hydrogens (primary N) is 1. The molecule has 1 amide bonds. The van der Waals surface area contributed by atoms with Gasteiger partial charge >= 0.3 is 0 Å². The summed E-state index contributed by atoms with van der Waals surface area (Å²) in [6.45, 7) is 2.69. The van der Waals surface area contributed by atoms with Crippen LogP contribution in [0.1, 0.15) is 0 Å². The van der Waals surface area contributed by atoms with Crippen molar-refractivity contribution in [2.75, 3.05) is 49.3 Å². The molecule has 24 heavy (non-hydrogen) atoms. The van der Waals surface area contributed by atoms with Crippen molar-refractivity contribution < 1.29 is 9.53 Å². The van der Waals surface area contributed by atoms with Crippen molar-refractivity contribution in [3.63, 3.8) is 0 Å². The van der Waals surface area contributed by atoms with Crippen molar-refractivity contribution in [1.82, 2.24) is 29.7 Å². The molecular weight excluding hydrogens is 334 g/mol. The number of hydrogen-bond donors (Lipinski definition) is 2. The van der Waals surface area contributed by atoms with Crippen LogP contribution in [0.3, 0.4) is 0 Å². The van der Waals surface area contributed by atoms with E-state index >= 15 is 0 Å². The number of ether oxygens (including phenoxy) is 1. The molecule has 12 heteroatoms. The molecule has 11 nitrogen and oxygen atoms in total. The molecule has 0 saturated carbocycles. The number of anilines is 2. The van der Waals surface area contributed by atoms with Crippen molar-refractivity contribution in [1.29, 1.82) is 0 Å². The first kappa shape index (κ1) is 16.4. The van der Waals surface area contributed by atoms with Gasteiger partial charge in [0.15, 0.2) is 0 Å². The summed E-state index contributed by atoms with van der Waals surface area (Å²) in [5.74, 6) is 1.01. The van der Waals surface area contributed by atoms with Gasteiger partial charge in [-0.1, -0.05) is 11.8 Å². The molecule has 0 bridgehead atoms. The van der Waals surface area contributed by atoms with E-state index in [1.165, 1.54) is 11.0 Å². The van der Waals surface area contributed by atoms with Crippen molar-refractivity contribution in [2.45, 2.75) is 5.16 Å². The summed E-state index contributed by atoms with van der Waals surface area (Å²) in [4.78, 5) is 30.1. The number of aromatic nitrogens is 6. The van der Waals surface area contributed by atoms with Gasteiger partial charge in [0, 0.05) is 20.1 Å². The molecule has 2 aromatic heterocycles. The zero-order chi connectivity index (χ0) is 16.9. The summed E-state index contributed by atoms with van der Waals surface area (Å²) >= 11 is 1.15. The highest BCUT2D eigenvalue weighted by molar-refractivity contribution is 7.99. The maximum atomic E-state index is 10.8. The summed E-state index contributed by atoms with van der Waals surface area (Å²) in [6, 6.07) is 0. The van der Waals surface area contributed by atoms with E-state index in [1.807, 2.05) is 4.90 Å². The summed E-state index contributed by atoms with van der Waals surface area (Å²) in [5, 5.41) is 7.59.